The molecular formula is C9H11NO. The molecule has 1 aromatic carbocycles. The van der Waals surface area contributed by atoms with Crippen LogP contribution in [0.25, 0.3) is 0 Å². The largest absolute Gasteiger partial charge is 0.369 e. The first-order valence-corrected chi connectivity index (χ1v) is 3.52. The molecule has 0 saturated carbocycles. The highest BCUT2D eigenvalue weighted by atomic mass is 16.1. The molecule has 2 heteroatoms. The summed E-state index contributed by atoms with van der Waals surface area (Å²) in [4.78, 5) is 10.5. The number of hydrogen-bond acceptors (Lipinski definition) is 1. The molecule has 0 heterocycles. The fourth-order valence-corrected chi connectivity index (χ4v) is 1.02. The van der Waals surface area contributed by atoms with E-state index in [1.807, 2.05) is 31.2 Å². The Hall–Kier alpha value is -1.31. The van der Waals surface area contributed by atoms with Gasteiger partial charge in [-0.15, -0.1) is 0 Å². The van der Waals surface area contributed by atoms with Gasteiger partial charge in [0.2, 0.25) is 5.91 Å². The normalized spacial score (nSPS) is 9.55. The zero-order chi connectivity index (χ0) is 8.27. The second-order valence-electron chi connectivity index (χ2n) is 2.63. The molecule has 0 aliphatic heterocycles. The summed E-state index contributed by atoms with van der Waals surface area (Å²) in [6.45, 7) is 1.99. The molecule has 0 aliphatic rings. The van der Waals surface area contributed by atoms with Crippen LogP contribution in [0.2, 0.25) is 0 Å². The average Bonchev–Trinajstić information content (AvgIpc) is 1.85. The molecule has 0 aliphatic carbocycles. The van der Waals surface area contributed by atoms with Gasteiger partial charge in [0.25, 0.3) is 0 Å². The molecule has 0 aromatic heterocycles. The Morgan fingerprint density at radius 3 is 2.82 bits per heavy atom. The first-order chi connectivity index (χ1) is 5.18. The summed E-state index contributed by atoms with van der Waals surface area (Å²) < 4.78 is 0. The molecule has 0 spiro atoms. The van der Waals surface area contributed by atoms with Crippen molar-refractivity contribution in [1.29, 1.82) is 0 Å². The third-order valence-corrected chi connectivity index (χ3v) is 1.46. The molecule has 11 heavy (non-hydrogen) atoms. The summed E-state index contributed by atoms with van der Waals surface area (Å²) >= 11 is 0. The number of carbonyl (C=O) groups is 1. The summed E-state index contributed by atoms with van der Waals surface area (Å²) in [5.74, 6) is -0.282. The highest BCUT2D eigenvalue weighted by molar-refractivity contribution is 5.76. The Balaban J connectivity index is 2.79. The van der Waals surface area contributed by atoms with Crippen molar-refractivity contribution >= 4 is 5.91 Å². The van der Waals surface area contributed by atoms with Crippen LogP contribution in [0.3, 0.4) is 0 Å². The number of hydrogen-bond donors (Lipinski definition) is 1. The maximum atomic E-state index is 10.5. The maximum Gasteiger partial charge on any atom is 0.221 e. The lowest BCUT2D eigenvalue weighted by atomic mass is 10.1. The van der Waals surface area contributed by atoms with Crippen LogP contribution in [0.1, 0.15) is 11.1 Å². The Bertz CT molecular complexity index is 268. The van der Waals surface area contributed by atoms with E-state index in [4.69, 9.17) is 5.73 Å². The lowest BCUT2D eigenvalue weighted by Crippen LogP contribution is -2.13. The zero-order valence-electron chi connectivity index (χ0n) is 6.50. The number of nitrogens with two attached hydrogens (primary N) is 1. The summed E-state index contributed by atoms with van der Waals surface area (Å²) in [5, 5.41) is 0. The molecule has 0 atom stereocenters. The highest BCUT2D eigenvalue weighted by Crippen LogP contribution is 2.03. The van der Waals surface area contributed by atoms with Crippen LogP contribution in [0.4, 0.5) is 0 Å². The minimum atomic E-state index is -0.282. The van der Waals surface area contributed by atoms with Crippen LogP contribution in [0, 0.1) is 6.92 Å². The van der Waals surface area contributed by atoms with Gasteiger partial charge < -0.3 is 5.73 Å². The third-order valence-electron chi connectivity index (χ3n) is 1.46. The highest BCUT2D eigenvalue weighted by Gasteiger charge is 1.96. The number of benzene rings is 1. The van der Waals surface area contributed by atoms with Gasteiger partial charge in [0.15, 0.2) is 0 Å². The predicted octanol–water partition coefficient (Wildman–Crippen LogP) is 1.02. The van der Waals surface area contributed by atoms with Crippen molar-refractivity contribution < 1.29 is 4.79 Å². The van der Waals surface area contributed by atoms with E-state index in [-0.39, 0.29) is 5.91 Å². The van der Waals surface area contributed by atoms with E-state index in [0.29, 0.717) is 6.42 Å². The first kappa shape index (κ1) is 7.79. The Kier molecular flexibility index (Phi) is 2.26. The standard InChI is InChI=1S/C9H11NO/c1-7-3-2-4-8(5-7)6-9(10)11/h2-5H,6H2,1H3,(H2,10,11). The number of primary amides is 1. The van der Waals surface area contributed by atoms with Gasteiger partial charge in [-0.1, -0.05) is 29.8 Å². The zero-order valence-corrected chi connectivity index (χ0v) is 6.50. The van der Waals surface area contributed by atoms with E-state index < -0.39 is 0 Å². The molecule has 0 unspecified atom stereocenters. The van der Waals surface area contributed by atoms with E-state index in [2.05, 4.69) is 0 Å². The number of rotatable bonds is 2. The number of amides is 1. The Morgan fingerprint density at radius 2 is 2.27 bits per heavy atom. The van der Waals surface area contributed by atoms with Crippen molar-refractivity contribution in [2.45, 2.75) is 13.3 Å². The van der Waals surface area contributed by atoms with Crippen molar-refractivity contribution in [2.75, 3.05) is 0 Å². The summed E-state index contributed by atoms with van der Waals surface area (Å²) in [6, 6.07) is 7.78. The van der Waals surface area contributed by atoms with Crippen molar-refractivity contribution in [3.05, 3.63) is 35.4 Å². The van der Waals surface area contributed by atoms with E-state index >= 15 is 0 Å². The van der Waals surface area contributed by atoms with Gasteiger partial charge in [0.1, 0.15) is 0 Å². The molecule has 0 fully saturated rings. The van der Waals surface area contributed by atoms with Crippen molar-refractivity contribution in [3.8, 4) is 0 Å². The van der Waals surface area contributed by atoms with Gasteiger partial charge in [-0.25, -0.2) is 0 Å². The van der Waals surface area contributed by atoms with Crippen LogP contribution < -0.4 is 5.73 Å². The second kappa shape index (κ2) is 3.19. The lowest BCUT2D eigenvalue weighted by molar-refractivity contribution is -0.117. The molecule has 1 aromatic rings. The SMILES string of the molecule is Cc1cccc(CC(N)=O)c1. The number of aryl methyl sites for hydroxylation is 1. The van der Waals surface area contributed by atoms with Gasteiger partial charge in [0, 0.05) is 0 Å². The Morgan fingerprint density at radius 1 is 1.55 bits per heavy atom. The van der Waals surface area contributed by atoms with E-state index in [0.717, 1.165) is 11.1 Å². The van der Waals surface area contributed by atoms with E-state index in [1.54, 1.807) is 0 Å². The summed E-state index contributed by atoms with van der Waals surface area (Å²) in [6.07, 6.45) is 0.335. The van der Waals surface area contributed by atoms with Crippen molar-refractivity contribution in [3.63, 3.8) is 0 Å². The quantitative estimate of drug-likeness (QED) is 0.670. The van der Waals surface area contributed by atoms with E-state index in [9.17, 15) is 4.79 Å². The maximum absolute atomic E-state index is 10.5. The van der Waals surface area contributed by atoms with Crippen LogP contribution in [0.5, 0.6) is 0 Å². The fourth-order valence-electron chi connectivity index (χ4n) is 1.02. The molecule has 2 nitrogen and oxygen atoms in total. The minimum Gasteiger partial charge on any atom is -0.369 e. The lowest BCUT2D eigenvalue weighted by Gasteiger charge is -1.97. The van der Waals surface area contributed by atoms with Gasteiger partial charge in [-0.05, 0) is 12.5 Å². The number of carbonyl (C=O) groups excluding carboxylic acids is 1. The molecule has 0 saturated heterocycles. The monoisotopic (exact) mass is 149 g/mol. The van der Waals surface area contributed by atoms with Gasteiger partial charge >= 0.3 is 0 Å². The summed E-state index contributed by atoms with van der Waals surface area (Å²) in [7, 11) is 0. The molecule has 1 rings (SSSR count). The Labute approximate surface area is 66.0 Å². The smallest absolute Gasteiger partial charge is 0.221 e. The second-order valence-corrected chi connectivity index (χ2v) is 2.63. The molecule has 0 radical (unpaired) electrons. The first-order valence-electron chi connectivity index (χ1n) is 3.52. The molecule has 1 amide bonds. The molecule has 2 N–H and O–H groups in total. The van der Waals surface area contributed by atoms with Crippen LogP contribution >= 0.6 is 0 Å². The topological polar surface area (TPSA) is 43.1 Å². The van der Waals surface area contributed by atoms with Gasteiger partial charge in [-0.3, -0.25) is 4.79 Å². The fraction of sp³-hybridized carbons (Fsp3) is 0.222. The predicted molar refractivity (Wildman–Crippen MR) is 44.1 cm³/mol. The molecule has 0 bridgehead atoms. The van der Waals surface area contributed by atoms with Crippen LogP contribution in [-0.4, -0.2) is 5.91 Å². The summed E-state index contributed by atoms with van der Waals surface area (Å²) in [5.41, 5.74) is 7.18. The van der Waals surface area contributed by atoms with Gasteiger partial charge in [-0.2, -0.15) is 0 Å². The van der Waals surface area contributed by atoms with Crippen LogP contribution in [-0.2, 0) is 11.2 Å². The van der Waals surface area contributed by atoms with E-state index in [1.165, 1.54) is 0 Å². The molecular weight excluding hydrogens is 138 g/mol. The van der Waals surface area contributed by atoms with Gasteiger partial charge in [0.05, 0.1) is 6.42 Å². The average molecular weight is 149 g/mol. The van der Waals surface area contributed by atoms with Crippen molar-refractivity contribution in [2.24, 2.45) is 5.73 Å². The minimum absolute atomic E-state index is 0.282. The molecule has 58 valence electrons. The van der Waals surface area contributed by atoms with Crippen LogP contribution in [0.15, 0.2) is 24.3 Å². The van der Waals surface area contributed by atoms with Crippen molar-refractivity contribution in [1.82, 2.24) is 0 Å². The third kappa shape index (κ3) is 2.42.